The lowest BCUT2D eigenvalue weighted by Gasteiger charge is -2.21. The van der Waals surface area contributed by atoms with E-state index in [9.17, 15) is 43.2 Å². The van der Waals surface area contributed by atoms with E-state index in [1.165, 1.54) is 77.0 Å². The summed E-state index contributed by atoms with van der Waals surface area (Å²) in [5.41, 5.74) is 0. The van der Waals surface area contributed by atoms with Crippen molar-refractivity contribution < 1.29 is 80.2 Å². The van der Waals surface area contributed by atoms with Gasteiger partial charge in [-0.2, -0.15) is 0 Å². The van der Waals surface area contributed by atoms with Crippen molar-refractivity contribution in [3.63, 3.8) is 0 Å². The molecule has 0 heterocycles. The van der Waals surface area contributed by atoms with Crippen LogP contribution >= 0.6 is 15.6 Å². The topological polar surface area (TPSA) is 237 Å². The maximum absolute atomic E-state index is 13.1. The Bertz CT molecular complexity index is 2310. The first-order chi connectivity index (χ1) is 49.7. The highest BCUT2D eigenvalue weighted by molar-refractivity contribution is 7.47. The first-order valence-electron chi connectivity index (χ1n) is 40.5. The maximum atomic E-state index is 13.1. The fraction of sp³-hybridized carbons (Fsp3) is 0.759. The molecule has 0 radical (unpaired) electrons. The number of rotatable bonds is 76. The Labute approximate surface area is 620 Å². The van der Waals surface area contributed by atoms with Crippen molar-refractivity contribution in [1.29, 1.82) is 0 Å². The maximum Gasteiger partial charge on any atom is 0.472 e. The number of hydrogen-bond donors (Lipinski definition) is 3. The van der Waals surface area contributed by atoms with Crippen LogP contribution in [0, 0.1) is 0 Å². The predicted molar refractivity (Wildman–Crippen MR) is 418 cm³/mol. The summed E-state index contributed by atoms with van der Waals surface area (Å²) in [7, 11) is -9.95. The van der Waals surface area contributed by atoms with Crippen LogP contribution in [0.4, 0.5) is 0 Å². The second-order valence-electron chi connectivity index (χ2n) is 27.0. The van der Waals surface area contributed by atoms with E-state index in [0.29, 0.717) is 25.7 Å². The van der Waals surface area contributed by atoms with Crippen LogP contribution in [0.5, 0.6) is 0 Å². The average Bonchev–Trinajstić information content (AvgIpc) is 0.939. The van der Waals surface area contributed by atoms with E-state index in [1.807, 2.05) is 0 Å². The third-order valence-corrected chi connectivity index (χ3v) is 18.9. The number of carbonyl (C=O) groups is 4. The van der Waals surface area contributed by atoms with Gasteiger partial charge in [0, 0.05) is 25.7 Å². The fourth-order valence-electron chi connectivity index (χ4n) is 10.9. The summed E-state index contributed by atoms with van der Waals surface area (Å²) in [5.74, 6) is -2.19. The summed E-state index contributed by atoms with van der Waals surface area (Å²) in [6, 6.07) is 0. The number of aliphatic hydroxyl groups excluding tert-OH is 1. The van der Waals surface area contributed by atoms with Crippen LogP contribution in [0.15, 0.2) is 97.2 Å². The number of esters is 4. The highest BCUT2D eigenvalue weighted by Gasteiger charge is 2.30. The molecule has 590 valence electrons. The third-order valence-electron chi connectivity index (χ3n) is 17.0. The van der Waals surface area contributed by atoms with Crippen LogP contribution in [0.25, 0.3) is 0 Å². The molecule has 0 aromatic carbocycles. The van der Waals surface area contributed by atoms with Crippen LogP contribution < -0.4 is 0 Å². The molecule has 5 atom stereocenters. The van der Waals surface area contributed by atoms with Crippen molar-refractivity contribution >= 4 is 39.5 Å². The number of phosphoric ester groups is 2. The molecule has 3 N–H and O–H groups in total. The Morgan fingerprint density at radius 1 is 0.284 bits per heavy atom. The standard InChI is InChI=1S/C83H146O17P2/c1-5-9-13-17-21-25-29-32-35-37-38-40-43-45-49-52-56-60-64-68-81(86)94-74-79(100-83(88)70-66-62-58-54-50-46-41-34-31-27-23-19-15-11-7-3)76-98-102(91,92)96-72-77(84)71-95-101(89,90)97-75-78(99-82(87)69-65-61-57-53-47-28-24-20-16-12-8-4)73-93-80(85)67-63-59-55-51-48-44-42-39-36-33-30-26-22-18-14-10-6-2/h9-10,13-14,20-22,24-26,32-33,35-36,38,40,77-79,84H,5-8,11-12,15-19,23,27-31,34,37,39,41-76H2,1-4H3,(H,89,90)(H,91,92)/b13-9-,14-10-,24-20-,25-21-,26-22-,35-32-,36-33-,40-38-. The molecule has 0 fully saturated rings. The summed E-state index contributed by atoms with van der Waals surface area (Å²) in [5, 5.41) is 10.6. The van der Waals surface area contributed by atoms with Gasteiger partial charge in [-0.05, 0) is 116 Å². The molecule has 0 aliphatic heterocycles. The Morgan fingerprint density at radius 3 is 0.824 bits per heavy atom. The number of aliphatic hydroxyl groups is 1. The van der Waals surface area contributed by atoms with E-state index in [0.717, 1.165) is 193 Å². The molecule has 0 saturated heterocycles. The molecule has 0 aromatic heterocycles. The Hall–Kier alpha value is -4.02. The molecule has 102 heavy (non-hydrogen) atoms. The number of phosphoric acid groups is 2. The van der Waals surface area contributed by atoms with Crippen molar-refractivity contribution in [1.82, 2.24) is 0 Å². The highest BCUT2D eigenvalue weighted by Crippen LogP contribution is 2.45. The van der Waals surface area contributed by atoms with E-state index in [4.69, 9.17) is 37.0 Å². The average molecular weight is 1480 g/mol. The van der Waals surface area contributed by atoms with E-state index in [1.54, 1.807) is 0 Å². The smallest absolute Gasteiger partial charge is 0.462 e. The largest absolute Gasteiger partial charge is 0.472 e. The molecule has 0 aliphatic rings. The van der Waals surface area contributed by atoms with Crippen LogP contribution in [0.3, 0.4) is 0 Å². The van der Waals surface area contributed by atoms with Crippen molar-refractivity contribution in [2.24, 2.45) is 0 Å². The molecule has 0 rings (SSSR count). The van der Waals surface area contributed by atoms with Gasteiger partial charge in [-0.15, -0.1) is 0 Å². The van der Waals surface area contributed by atoms with Gasteiger partial charge in [-0.25, -0.2) is 9.13 Å². The zero-order valence-electron chi connectivity index (χ0n) is 64.5. The van der Waals surface area contributed by atoms with Gasteiger partial charge in [0.2, 0.25) is 0 Å². The number of unbranched alkanes of at least 4 members (excludes halogenated alkanes) is 34. The van der Waals surface area contributed by atoms with Gasteiger partial charge >= 0.3 is 39.5 Å². The molecule has 0 saturated carbocycles. The number of ether oxygens (including phenoxy) is 4. The normalized spacial score (nSPS) is 14.4. The number of carbonyl (C=O) groups excluding carboxylic acids is 4. The Balaban J connectivity index is 5.31. The third kappa shape index (κ3) is 74.3. The van der Waals surface area contributed by atoms with Crippen LogP contribution in [-0.2, 0) is 65.4 Å². The van der Waals surface area contributed by atoms with Crippen molar-refractivity contribution in [2.75, 3.05) is 39.6 Å². The molecule has 0 bridgehead atoms. The van der Waals surface area contributed by atoms with Crippen LogP contribution in [-0.4, -0.2) is 96.7 Å². The second kappa shape index (κ2) is 75.2. The molecule has 0 aromatic rings. The molecule has 0 spiro atoms. The molecule has 17 nitrogen and oxygen atoms in total. The summed E-state index contributed by atoms with van der Waals surface area (Å²) < 4.78 is 68.6. The zero-order chi connectivity index (χ0) is 74.6. The van der Waals surface area contributed by atoms with Crippen molar-refractivity contribution in [2.45, 2.75) is 367 Å². The molecule has 5 unspecified atom stereocenters. The van der Waals surface area contributed by atoms with Gasteiger partial charge in [0.1, 0.15) is 19.3 Å². The van der Waals surface area contributed by atoms with Crippen LogP contribution in [0.1, 0.15) is 349 Å². The first kappa shape index (κ1) is 98.0. The van der Waals surface area contributed by atoms with E-state index >= 15 is 0 Å². The van der Waals surface area contributed by atoms with Gasteiger partial charge in [0.15, 0.2) is 12.2 Å². The number of hydrogen-bond acceptors (Lipinski definition) is 15. The monoisotopic (exact) mass is 1480 g/mol. The van der Waals surface area contributed by atoms with Crippen molar-refractivity contribution in [3.8, 4) is 0 Å². The summed E-state index contributed by atoms with van der Waals surface area (Å²) >= 11 is 0. The van der Waals surface area contributed by atoms with Gasteiger partial charge in [0.05, 0.1) is 26.4 Å². The lowest BCUT2D eigenvalue weighted by atomic mass is 10.0. The van der Waals surface area contributed by atoms with Gasteiger partial charge in [-0.3, -0.25) is 37.3 Å². The van der Waals surface area contributed by atoms with E-state index < -0.39 is 97.5 Å². The predicted octanol–water partition coefficient (Wildman–Crippen LogP) is 23.6. The Kier molecular flexibility index (Phi) is 72.3. The first-order valence-corrected chi connectivity index (χ1v) is 43.5. The lowest BCUT2D eigenvalue weighted by Crippen LogP contribution is -2.30. The lowest BCUT2D eigenvalue weighted by molar-refractivity contribution is -0.161. The van der Waals surface area contributed by atoms with Gasteiger partial charge in [0.25, 0.3) is 0 Å². The van der Waals surface area contributed by atoms with Crippen LogP contribution in [0.2, 0.25) is 0 Å². The highest BCUT2D eigenvalue weighted by atomic mass is 31.2. The minimum absolute atomic E-state index is 0.0830. The number of allylic oxidation sites excluding steroid dienone is 16. The Morgan fingerprint density at radius 2 is 0.520 bits per heavy atom. The molecular formula is C83H146O17P2. The molecular weight excluding hydrogens is 1330 g/mol. The SMILES string of the molecule is CC/C=C\C/C=C\C/C=C\C/C=C\CCCCCCCCC(=O)OCC(COP(=O)(O)OCC(O)COP(=O)(O)OCC(COC(=O)CCCCCCCCC/C=C\C/C=C\C/C=C\CC)OC(=O)CCCCCCC/C=C\CCCC)OC(=O)CCCCCCCCCCCCCCCCC. The van der Waals surface area contributed by atoms with Gasteiger partial charge in [-0.1, -0.05) is 305 Å². The minimum atomic E-state index is -4.98. The zero-order valence-corrected chi connectivity index (χ0v) is 66.3. The molecule has 19 heteroatoms. The van der Waals surface area contributed by atoms with Crippen molar-refractivity contribution in [3.05, 3.63) is 97.2 Å². The van der Waals surface area contributed by atoms with Gasteiger partial charge < -0.3 is 33.8 Å². The fourth-order valence-corrected chi connectivity index (χ4v) is 12.5. The summed E-state index contributed by atoms with van der Waals surface area (Å²) in [6.45, 7) is 4.63. The quantitative estimate of drug-likeness (QED) is 0.0169. The summed E-state index contributed by atoms with van der Waals surface area (Å²) in [4.78, 5) is 73.0. The summed E-state index contributed by atoms with van der Waals surface area (Å²) in [6.07, 6.45) is 79.5. The minimum Gasteiger partial charge on any atom is -0.462 e. The molecule has 0 aliphatic carbocycles. The second-order valence-corrected chi connectivity index (χ2v) is 29.9. The molecule has 0 amide bonds. The van der Waals surface area contributed by atoms with E-state index in [-0.39, 0.29) is 25.7 Å². The van der Waals surface area contributed by atoms with E-state index in [2.05, 4.69) is 125 Å².